The lowest BCUT2D eigenvalue weighted by Gasteiger charge is -2.27. The van der Waals surface area contributed by atoms with Crippen LogP contribution in [0.5, 0.6) is 0 Å². The van der Waals surface area contributed by atoms with Crippen molar-refractivity contribution in [2.75, 3.05) is 13.1 Å². The van der Waals surface area contributed by atoms with Crippen molar-refractivity contribution in [3.8, 4) is 0 Å². The van der Waals surface area contributed by atoms with Crippen LogP contribution in [0.25, 0.3) is 0 Å². The number of thiazole rings is 1. The highest BCUT2D eigenvalue weighted by Gasteiger charge is 2.19. The van der Waals surface area contributed by atoms with E-state index in [1.54, 1.807) is 11.3 Å². The lowest BCUT2D eigenvalue weighted by Crippen LogP contribution is -2.28. The van der Waals surface area contributed by atoms with Gasteiger partial charge in [0, 0.05) is 17.6 Å². The molecule has 1 aliphatic rings. The summed E-state index contributed by atoms with van der Waals surface area (Å²) in [6, 6.07) is 0. The van der Waals surface area contributed by atoms with Gasteiger partial charge in [0.05, 0.1) is 5.51 Å². The maximum Gasteiger partial charge on any atom is 0.0794 e. The first-order chi connectivity index (χ1) is 7.88. The second kappa shape index (κ2) is 6.33. The van der Waals surface area contributed by atoms with Gasteiger partial charge in [-0.15, -0.1) is 11.3 Å². The van der Waals surface area contributed by atoms with Crippen LogP contribution in [-0.2, 0) is 6.54 Å². The Morgan fingerprint density at radius 1 is 1.31 bits per heavy atom. The van der Waals surface area contributed by atoms with E-state index in [9.17, 15) is 0 Å². The summed E-state index contributed by atoms with van der Waals surface area (Å²) < 4.78 is 0. The minimum atomic E-state index is 0.790. The van der Waals surface area contributed by atoms with E-state index in [-0.39, 0.29) is 0 Å². The van der Waals surface area contributed by atoms with Gasteiger partial charge in [-0.25, -0.2) is 0 Å². The van der Waals surface area contributed by atoms with Crippen LogP contribution in [-0.4, -0.2) is 18.1 Å². The van der Waals surface area contributed by atoms with Crippen LogP contribution in [0, 0.1) is 11.8 Å². The van der Waals surface area contributed by atoms with Crippen molar-refractivity contribution in [2.45, 2.75) is 32.2 Å². The Kier molecular flexibility index (Phi) is 4.75. The molecule has 4 heteroatoms. The molecule has 0 atom stereocenters. The third-order valence-corrected chi connectivity index (χ3v) is 4.29. The highest BCUT2D eigenvalue weighted by molar-refractivity contribution is 7.09. The molecule has 0 aliphatic heterocycles. The zero-order valence-electron chi connectivity index (χ0n) is 9.69. The monoisotopic (exact) mass is 239 g/mol. The van der Waals surface area contributed by atoms with Gasteiger partial charge in [-0.3, -0.25) is 4.98 Å². The highest BCUT2D eigenvalue weighted by atomic mass is 32.1. The fourth-order valence-corrected chi connectivity index (χ4v) is 2.96. The minimum absolute atomic E-state index is 0.790. The summed E-state index contributed by atoms with van der Waals surface area (Å²) >= 11 is 1.72. The van der Waals surface area contributed by atoms with Crippen LogP contribution in [0.4, 0.5) is 0 Å². The third-order valence-electron chi connectivity index (χ3n) is 3.52. The molecule has 1 aromatic rings. The summed E-state index contributed by atoms with van der Waals surface area (Å²) in [5, 5.41) is 3.53. The number of hydrogen-bond acceptors (Lipinski definition) is 4. The molecule has 3 nitrogen and oxygen atoms in total. The van der Waals surface area contributed by atoms with Gasteiger partial charge in [0.15, 0.2) is 0 Å². The highest BCUT2D eigenvalue weighted by Crippen LogP contribution is 2.27. The van der Waals surface area contributed by atoms with Crippen LogP contribution in [0.3, 0.4) is 0 Å². The quantitative estimate of drug-likeness (QED) is 0.826. The number of nitrogens with zero attached hydrogens (tertiary/aromatic N) is 1. The van der Waals surface area contributed by atoms with Crippen molar-refractivity contribution in [3.05, 3.63) is 16.6 Å². The predicted octanol–water partition coefficient (Wildman–Crippen LogP) is 2.00. The number of nitrogens with one attached hydrogen (secondary N) is 1. The molecular formula is C12H21N3S. The Morgan fingerprint density at radius 2 is 2.06 bits per heavy atom. The average molecular weight is 239 g/mol. The molecule has 16 heavy (non-hydrogen) atoms. The first kappa shape index (κ1) is 12.0. The number of rotatable bonds is 5. The molecule has 1 heterocycles. The van der Waals surface area contributed by atoms with Crippen LogP contribution >= 0.6 is 11.3 Å². The molecule has 0 spiro atoms. The van der Waals surface area contributed by atoms with Gasteiger partial charge in [0.1, 0.15) is 0 Å². The molecule has 1 fully saturated rings. The molecule has 0 saturated heterocycles. The van der Waals surface area contributed by atoms with Crippen molar-refractivity contribution in [1.29, 1.82) is 0 Å². The van der Waals surface area contributed by atoms with E-state index >= 15 is 0 Å². The second-order valence-electron chi connectivity index (χ2n) is 4.72. The summed E-state index contributed by atoms with van der Waals surface area (Å²) in [4.78, 5) is 5.40. The van der Waals surface area contributed by atoms with Crippen molar-refractivity contribution >= 4 is 11.3 Å². The molecule has 0 radical (unpaired) electrons. The first-order valence-corrected chi connectivity index (χ1v) is 7.04. The Bertz CT molecular complexity index is 278. The average Bonchev–Trinajstić information content (AvgIpc) is 2.83. The fourth-order valence-electron chi connectivity index (χ4n) is 2.40. The molecule has 90 valence electrons. The summed E-state index contributed by atoms with van der Waals surface area (Å²) in [6.45, 7) is 3.00. The minimum Gasteiger partial charge on any atom is -0.330 e. The van der Waals surface area contributed by atoms with E-state index in [2.05, 4.69) is 10.3 Å². The number of hydrogen-bond donors (Lipinski definition) is 2. The van der Waals surface area contributed by atoms with Gasteiger partial charge in [-0.05, 0) is 50.6 Å². The molecule has 2 rings (SSSR count). The third kappa shape index (κ3) is 3.54. The zero-order chi connectivity index (χ0) is 11.2. The molecule has 0 amide bonds. The SMILES string of the molecule is NCC1CCC(CNCc2cncs2)CC1. The van der Waals surface area contributed by atoms with Gasteiger partial charge in [0.25, 0.3) is 0 Å². The molecular weight excluding hydrogens is 218 g/mol. The summed E-state index contributed by atoms with van der Waals surface area (Å²) in [6.07, 6.45) is 7.28. The number of nitrogens with two attached hydrogens (primary N) is 1. The van der Waals surface area contributed by atoms with Crippen molar-refractivity contribution in [1.82, 2.24) is 10.3 Å². The summed E-state index contributed by atoms with van der Waals surface area (Å²) in [7, 11) is 0. The lowest BCUT2D eigenvalue weighted by molar-refractivity contribution is 0.272. The lowest BCUT2D eigenvalue weighted by atomic mass is 9.82. The van der Waals surface area contributed by atoms with Gasteiger partial charge < -0.3 is 11.1 Å². The maximum absolute atomic E-state index is 5.69. The first-order valence-electron chi connectivity index (χ1n) is 6.16. The maximum atomic E-state index is 5.69. The Morgan fingerprint density at radius 3 is 2.69 bits per heavy atom. The molecule has 1 aromatic heterocycles. The Balaban J connectivity index is 1.60. The van der Waals surface area contributed by atoms with Crippen LogP contribution < -0.4 is 11.1 Å². The second-order valence-corrected chi connectivity index (χ2v) is 5.69. The van der Waals surface area contributed by atoms with Gasteiger partial charge >= 0.3 is 0 Å². The van der Waals surface area contributed by atoms with Crippen LogP contribution in [0.15, 0.2) is 11.7 Å². The van der Waals surface area contributed by atoms with E-state index in [0.29, 0.717) is 0 Å². The smallest absolute Gasteiger partial charge is 0.0794 e. The van der Waals surface area contributed by atoms with Gasteiger partial charge in [-0.2, -0.15) is 0 Å². The summed E-state index contributed by atoms with van der Waals surface area (Å²) in [5.74, 6) is 1.65. The standard InChI is InChI=1S/C12H21N3S/c13-5-10-1-3-11(4-2-10)6-14-7-12-8-15-9-16-12/h8-11,14H,1-7,13H2. The fraction of sp³-hybridized carbons (Fsp3) is 0.750. The van der Waals surface area contributed by atoms with E-state index in [1.165, 1.54) is 30.6 Å². The van der Waals surface area contributed by atoms with E-state index in [0.717, 1.165) is 31.5 Å². The van der Waals surface area contributed by atoms with Crippen molar-refractivity contribution in [2.24, 2.45) is 17.6 Å². The van der Waals surface area contributed by atoms with Crippen LogP contribution in [0.1, 0.15) is 30.6 Å². The molecule has 1 aliphatic carbocycles. The van der Waals surface area contributed by atoms with Gasteiger partial charge in [0.2, 0.25) is 0 Å². The van der Waals surface area contributed by atoms with Gasteiger partial charge in [-0.1, -0.05) is 0 Å². The predicted molar refractivity (Wildman–Crippen MR) is 68.3 cm³/mol. The van der Waals surface area contributed by atoms with E-state index in [4.69, 9.17) is 5.73 Å². The Hall–Kier alpha value is -0.450. The van der Waals surface area contributed by atoms with Crippen molar-refractivity contribution in [3.63, 3.8) is 0 Å². The number of aromatic nitrogens is 1. The van der Waals surface area contributed by atoms with Crippen LogP contribution in [0.2, 0.25) is 0 Å². The van der Waals surface area contributed by atoms with E-state index in [1.807, 2.05) is 11.7 Å². The molecule has 3 N–H and O–H groups in total. The zero-order valence-corrected chi connectivity index (χ0v) is 10.5. The molecule has 0 unspecified atom stereocenters. The van der Waals surface area contributed by atoms with E-state index < -0.39 is 0 Å². The normalized spacial score (nSPS) is 25.8. The molecule has 1 saturated carbocycles. The topological polar surface area (TPSA) is 50.9 Å². The van der Waals surface area contributed by atoms with Crippen molar-refractivity contribution < 1.29 is 0 Å². The molecule has 0 aromatic carbocycles. The Labute approximate surface area is 101 Å². The molecule has 0 bridgehead atoms. The summed E-state index contributed by atoms with van der Waals surface area (Å²) in [5.41, 5.74) is 7.58. The largest absolute Gasteiger partial charge is 0.330 e.